The Kier molecular flexibility index (Phi) is 6.26. The van der Waals surface area contributed by atoms with Crippen LogP contribution in [0, 0.1) is 0 Å². The summed E-state index contributed by atoms with van der Waals surface area (Å²) in [6.07, 6.45) is 5.33. The molecule has 1 aliphatic rings. The monoisotopic (exact) mass is 344 g/mol. The molecule has 1 aromatic heterocycles. The number of furan rings is 1. The topological polar surface area (TPSA) is 41.6 Å². The fourth-order valence-corrected chi connectivity index (χ4v) is 3.52. The molecule has 0 saturated carbocycles. The van der Waals surface area contributed by atoms with E-state index in [9.17, 15) is 0 Å². The Bertz CT molecular complexity index is 609. The second kappa shape index (κ2) is 8.85. The first kappa shape index (κ1) is 17.0. The average molecular weight is 345 g/mol. The smallest absolute Gasteiger partial charge is 0.166 e. The number of rotatable bonds is 7. The fraction of sp³-hybridized carbons (Fsp3) is 0.421. The molecule has 0 amide bonds. The van der Waals surface area contributed by atoms with Crippen molar-refractivity contribution in [3.63, 3.8) is 0 Å². The molecule has 1 aliphatic heterocycles. The molecule has 0 radical (unpaired) electrons. The van der Waals surface area contributed by atoms with Gasteiger partial charge in [-0.15, -0.1) is 0 Å². The molecule has 4 nitrogen and oxygen atoms in total. The average Bonchev–Trinajstić information content (AvgIpc) is 3.30. The molecule has 1 aromatic carbocycles. The highest BCUT2D eigenvalue weighted by Crippen LogP contribution is 2.11. The minimum absolute atomic E-state index is 0.330. The predicted molar refractivity (Wildman–Crippen MR) is 100 cm³/mol. The summed E-state index contributed by atoms with van der Waals surface area (Å²) < 4.78 is 5.65. The molecule has 0 spiro atoms. The maximum absolute atomic E-state index is 5.65. The molecule has 5 heteroatoms. The summed E-state index contributed by atoms with van der Waals surface area (Å²) in [4.78, 5) is 1.59. The van der Waals surface area contributed by atoms with Crippen LogP contribution in [0.1, 0.15) is 30.2 Å². The van der Waals surface area contributed by atoms with Gasteiger partial charge in [0.25, 0.3) is 0 Å². The fourth-order valence-electron chi connectivity index (χ4n) is 3.34. The number of nitrogens with one attached hydrogen (secondary N) is 3. The Morgan fingerprint density at radius 2 is 1.88 bits per heavy atom. The van der Waals surface area contributed by atoms with E-state index < -0.39 is 0 Å². The van der Waals surface area contributed by atoms with Gasteiger partial charge >= 0.3 is 0 Å². The third-order valence-corrected chi connectivity index (χ3v) is 4.92. The quantitative estimate of drug-likeness (QED) is 0.669. The van der Waals surface area contributed by atoms with Gasteiger partial charge in [-0.1, -0.05) is 30.3 Å². The number of likely N-dealkylation sites (tertiary alicyclic amines) is 1. The van der Waals surface area contributed by atoms with Crippen LogP contribution in [0.5, 0.6) is 0 Å². The van der Waals surface area contributed by atoms with Gasteiger partial charge in [-0.3, -0.25) is 0 Å². The first-order chi connectivity index (χ1) is 11.8. The van der Waals surface area contributed by atoms with E-state index in [0.29, 0.717) is 6.04 Å². The highest BCUT2D eigenvalue weighted by Gasteiger charge is 2.29. The minimum atomic E-state index is 0.330. The first-order valence-corrected chi connectivity index (χ1v) is 9.17. The van der Waals surface area contributed by atoms with Crippen LogP contribution in [0.2, 0.25) is 0 Å². The minimum Gasteiger partial charge on any atom is -0.463 e. The van der Waals surface area contributed by atoms with E-state index in [2.05, 4.69) is 41.0 Å². The normalized spacial score (nSPS) is 16.0. The maximum Gasteiger partial charge on any atom is 0.166 e. The van der Waals surface area contributed by atoms with Gasteiger partial charge in [-0.25, -0.2) is 0 Å². The Balaban J connectivity index is 1.44. The Hall–Kier alpha value is -1.85. The molecule has 3 N–H and O–H groups in total. The van der Waals surface area contributed by atoms with Crippen LogP contribution in [0.4, 0.5) is 0 Å². The molecule has 3 rings (SSSR count). The van der Waals surface area contributed by atoms with Crippen molar-refractivity contribution < 1.29 is 9.32 Å². The molecule has 1 fully saturated rings. The van der Waals surface area contributed by atoms with Crippen LogP contribution < -0.4 is 15.5 Å². The Morgan fingerprint density at radius 3 is 2.58 bits per heavy atom. The standard InChI is InChI=1S/C19H25N3OS/c24-19(20-11-10-16-7-2-1-3-8-16)21-15-17(18-9-6-14-23-18)22-12-4-5-13-22/h1-3,6-9,14,17H,4-5,10-13,15H2,(H2,20,21,24)/p+1/t17-/m1/s1. The number of hydrogen-bond acceptors (Lipinski definition) is 2. The van der Waals surface area contributed by atoms with Crippen LogP contribution >= 0.6 is 12.2 Å². The molecular weight excluding hydrogens is 318 g/mol. The predicted octanol–water partition coefficient (Wildman–Crippen LogP) is 1.71. The van der Waals surface area contributed by atoms with Crippen molar-refractivity contribution in [1.29, 1.82) is 0 Å². The number of benzene rings is 1. The number of hydrogen-bond donors (Lipinski definition) is 3. The zero-order chi connectivity index (χ0) is 16.6. The second-order valence-corrected chi connectivity index (χ2v) is 6.71. The molecule has 0 aliphatic carbocycles. The second-order valence-electron chi connectivity index (χ2n) is 6.31. The number of quaternary nitrogens is 1. The van der Waals surface area contributed by atoms with E-state index in [4.69, 9.17) is 16.6 Å². The summed E-state index contributed by atoms with van der Waals surface area (Å²) in [5.41, 5.74) is 1.32. The molecule has 1 saturated heterocycles. The third kappa shape index (κ3) is 4.82. The lowest BCUT2D eigenvalue weighted by Gasteiger charge is -2.23. The van der Waals surface area contributed by atoms with Crippen LogP contribution in [-0.2, 0) is 6.42 Å². The van der Waals surface area contributed by atoms with Crippen molar-refractivity contribution in [2.24, 2.45) is 0 Å². The Labute approximate surface area is 149 Å². The molecule has 2 aromatic rings. The summed E-state index contributed by atoms with van der Waals surface area (Å²) in [5, 5.41) is 7.40. The number of thiocarbonyl (C=S) groups is 1. The van der Waals surface area contributed by atoms with Crippen molar-refractivity contribution in [1.82, 2.24) is 10.6 Å². The lowest BCUT2D eigenvalue weighted by atomic mass is 10.1. The summed E-state index contributed by atoms with van der Waals surface area (Å²) in [7, 11) is 0. The van der Waals surface area contributed by atoms with Crippen LogP contribution in [-0.4, -0.2) is 31.3 Å². The molecular formula is C19H26N3OS+. The van der Waals surface area contributed by atoms with E-state index in [0.717, 1.165) is 30.4 Å². The first-order valence-electron chi connectivity index (χ1n) is 8.76. The van der Waals surface area contributed by atoms with E-state index in [1.807, 2.05) is 12.1 Å². The third-order valence-electron chi connectivity index (χ3n) is 4.63. The summed E-state index contributed by atoms with van der Waals surface area (Å²) in [5.74, 6) is 1.05. The van der Waals surface area contributed by atoms with Gasteiger partial charge in [-0.2, -0.15) is 0 Å². The molecule has 0 unspecified atom stereocenters. The summed E-state index contributed by atoms with van der Waals surface area (Å²) >= 11 is 5.43. The van der Waals surface area contributed by atoms with E-state index in [1.54, 1.807) is 11.2 Å². The van der Waals surface area contributed by atoms with E-state index >= 15 is 0 Å². The lowest BCUT2D eigenvalue weighted by Crippen LogP contribution is -3.11. The highest BCUT2D eigenvalue weighted by atomic mass is 32.1. The molecule has 1 atom stereocenters. The SMILES string of the molecule is S=C(NCCc1ccccc1)NC[C@H](c1ccco1)[NH+]1CCCC1. The molecule has 0 bridgehead atoms. The van der Waals surface area contributed by atoms with Gasteiger partial charge < -0.3 is 20.0 Å². The Morgan fingerprint density at radius 1 is 1.08 bits per heavy atom. The van der Waals surface area contributed by atoms with Crippen molar-refractivity contribution in [2.75, 3.05) is 26.2 Å². The molecule has 128 valence electrons. The molecule has 2 heterocycles. The van der Waals surface area contributed by atoms with E-state index in [1.165, 1.54) is 31.5 Å². The van der Waals surface area contributed by atoms with Gasteiger partial charge in [-0.05, 0) is 36.3 Å². The van der Waals surface area contributed by atoms with Gasteiger partial charge in [0.2, 0.25) is 0 Å². The van der Waals surface area contributed by atoms with Gasteiger partial charge in [0.05, 0.1) is 25.9 Å². The van der Waals surface area contributed by atoms with Crippen molar-refractivity contribution in [3.8, 4) is 0 Å². The highest BCUT2D eigenvalue weighted by molar-refractivity contribution is 7.80. The van der Waals surface area contributed by atoms with Gasteiger partial charge in [0.1, 0.15) is 0 Å². The van der Waals surface area contributed by atoms with Crippen LogP contribution in [0.15, 0.2) is 53.1 Å². The van der Waals surface area contributed by atoms with Crippen LogP contribution in [0.25, 0.3) is 0 Å². The summed E-state index contributed by atoms with van der Waals surface area (Å²) in [6, 6.07) is 14.8. The molecule has 24 heavy (non-hydrogen) atoms. The van der Waals surface area contributed by atoms with Crippen molar-refractivity contribution >= 4 is 17.3 Å². The van der Waals surface area contributed by atoms with Crippen molar-refractivity contribution in [2.45, 2.75) is 25.3 Å². The van der Waals surface area contributed by atoms with Crippen molar-refractivity contribution in [3.05, 3.63) is 60.1 Å². The lowest BCUT2D eigenvalue weighted by molar-refractivity contribution is -0.919. The van der Waals surface area contributed by atoms with Gasteiger partial charge in [0, 0.05) is 19.4 Å². The maximum atomic E-state index is 5.65. The van der Waals surface area contributed by atoms with Crippen LogP contribution in [0.3, 0.4) is 0 Å². The summed E-state index contributed by atoms with van der Waals surface area (Å²) in [6.45, 7) is 4.07. The zero-order valence-corrected chi connectivity index (χ0v) is 14.8. The van der Waals surface area contributed by atoms with E-state index in [-0.39, 0.29) is 0 Å². The largest absolute Gasteiger partial charge is 0.463 e. The zero-order valence-electron chi connectivity index (χ0n) is 14.0. The van der Waals surface area contributed by atoms with Gasteiger partial charge in [0.15, 0.2) is 16.9 Å².